The Morgan fingerprint density at radius 3 is 2.50 bits per heavy atom. The number of amides is 1. The summed E-state index contributed by atoms with van der Waals surface area (Å²) in [6.07, 6.45) is 1.46. The highest BCUT2D eigenvalue weighted by molar-refractivity contribution is 7.92. The molecule has 2 aromatic heterocycles. The number of nitrogens with zero attached hydrogens (tertiary/aromatic N) is 3. The predicted octanol–water partition coefficient (Wildman–Crippen LogP) is 3.26. The van der Waals surface area contributed by atoms with Crippen molar-refractivity contribution in [2.45, 2.75) is 18.7 Å². The molecule has 1 amide bonds. The zero-order chi connectivity index (χ0) is 20.3. The summed E-state index contributed by atoms with van der Waals surface area (Å²) in [5.74, 6) is -0.161. The van der Waals surface area contributed by atoms with Crippen molar-refractivity contribution in [1.82, 2.24) is 15.0 Å². The van der Waals surface area contributed by atoms with E-state index in [4.69, 9.17) is 11.6 Å². The van der Waals surface area contributed by atoms with Crippen LogP contribution in [0.3, 0.4) is 0 Å². The van der Waals surface area contributed by atoms with Gasteiger partial charge in [0.2, 0.25) is 11.9 Å². The van der Waals surface area contributed by atoms with Gasteiger partial charge in [-0.15, -0.1) is 0 Å². The third kappa shape index (κ3) is 4.62. The number of carbonyl (C=O) groups excluding carboxylic acids is 1. The maximum Gasteiger partial charge on any atom is 0.261 e. The number of nitrogens with one attached hydrogen (secondary N) is 2. The number of hydrogen-bond acceptors (Lipinski definition) is 6. The lowest BCUT2D eigenvalue weighted by molar-refractivity contribution is -0.114. The van der Waals surface area contributed by atoms with Gasteiger partial charge in [-0.25, -0.2) is 23.4 Å². The number of aryl methyl sites for hydroxylation is 1. The van der Waals surface area contributed by atoms with Gasteiger partial charge in [-0.2, -0.15) is 0 Å². The number of aromatic nitrogens is 3. The van der Waals surface area contributed by atoms with Crippen LogP contribution in [-0.2, 0) is 14.8 Å². The van der Waals surface area contributed by atoms with E-state index in [1.54, 1.807) is 31.2 Å². The molecule has 8 nitrogen and oxygen atoms in total. The van der Waals surface area contributed by atoms with Crippen molar-refractivity contribution in [3.63, 3.8) is 0 Å². The van der Waals surface area contributed by atoms with E-state index < -0.39 is 10.0 Å². The van der Waals surface area contributed by atoms with Gasteiger partial charge < -0.3 is 0 Å². The van der Waals surface area contributed by atoms with Gasteiger partial charge in [0.1, 0.15) is 0 Å². The van der Waals surface area contributed by atoms with Crippen molar-refractivity contribution in [1.29, 1.82) is 0 Å². The SMILES string of the molecule is CC(=O)Nc1nc(C)cc(-c2cnc(Cl)c(NS(=O)(=O)c3ccccc3)c2)n1. The van der Waals surface area contributed by atoms with Crippen LogP contribution in [0.2, 0.25) is 5.15 Å². The summed E-state index contributed by atoms with van der Waals surface area (Å²) in [7, 11) is -3.83. The molecule has 28 heavy (non-hydrogen) atoms. The van der Waals surface area contributed by atoms with Gasteiger partial charge in [-0.05, 0) is 31.2 Å². The van der Waals surface area contributed by atoms with E-state index in [2.05, 4.69) is 25.0 Å². The number of halogens is 1. The Morgan fingerprint density at radius 2 is 1.82 bits per heavy atom. The number of hydrogen-bond donors (Lipinski definition) is 2. The van der Waals surface area contributed by atoms with Gasteiger partial charge in [0.25, 0.3) is 10.0 Å². The van der Waals surface area contributed by atoms with E-state index in [-0.39, 0.29) is 27.6 Å². The zero-order valence-electron chi connectivity index (χ0n) is 15.0. The standard InChI is InChI=1S/C18H16ClN5O3S/c1-11-8-15(23-18(21-11)22-12(2)25)13-9-16(17(19)20-10-13)24-28(26,27)14-6-4-3-5-7-14/h3-10,24H,1-2H3,(H,21,22,23,25). The molecule has 2 heterocycles. The summed E-state index contributed by atoms with van der Waals surface area (Å²) in [4.78, 5) is 23.8. The summed E-state index contributed by atoms with van der Waals surface area (Å²) in [6.45, 7) is 3.10. The van der Waals surface area contributed by atoms with Gasteiger partial charge in [-0.1, -0.05) is 29.8 Å². The van der Waals surface area contributed by atoms with E-state index in [1.807, 2.05) is 0 Å². The van der Waals surface area contributed by atoms with E-state index in [1.165, 1.54) is 31.3 Å². The molecule has 0 atom stereocenters. The van der Waals surface area contributed by atoms with Gasteiger partial charge in [0.05, 0.1) is 16.3 Å². The fourth-order valence-electron chi connectivity index (χ4n) is 2.39. The molecule has 10 heteroatoms. The fraction of sp³-hybridized carbons (Fsp3) is 0.111. The Balaban J connectivity index is 1.99. The molecule has 0 aliphatic carbocycles. The topological polar surface area (TPSA) is 114 Å². The van der Waals surface area contributed by atoms with Crippen molar-refractivity contribution in [2.75, 3.05) is 10.0 Å². The minimum absolute atomic E-state index is 0.00359. The van der Waals surface area contributed by atoms with Crippen LogP contribution in [0.25, 0.3) is 11.3 Å². The average molecular weight is 418 g/mol. The Labute approximate surface area is 167 Å². The van der Waals surface area contributed by atoms with Crippen LogP contribution in [-0.4, -0.2) is 29.3 Å². The molecule has 0 aliphatic heterocycles. The minimum atomic E-state index is -3.83. The number of pyridine rings is 1. The summed E-state index contributed by atoms with van der Waals surface area (Å²) >= 11 is 6.08. The first-order valence-corrected chi connectivity index (χ1v) is 9.98. The van der Waals surface area contributed by atoms with E-state index >= 15 is 0 Å². The first kappa shape index (κ1) is 19.7. The van der Waals surface area contributed by atoms with E-state index in [9.17, 15) is 13.2 Å². The first-order valence-electron chi connectivity index (χ1n) is 8.11. The van der Waals surface area contributed by atoms with Crippen LogP contribution in [0.1, 0.15) is 12.6 Å². The average Bonchev–Trinajstić information content (AvgIpc) is 2.63. The second-order valence-electron chi connectivity index (χ2n) is 5.88. The molecule has 3 aromatic rings. The van der Waals surface area contributed by atoms with Crippen molar-refractivity contribution in [3.8, 4) is 11.3 Å². The maximum atomic E-state index is 12.6. The van der Waals surface area contributed by atoms with Crippen LogP contribution in [0.4, 0.5) is 11.6 Å². The smallest absolute Gasteiger partial charge is 0.261 e. The van der Waals surface area contributed by atoms with Crippen LogP contribution in [0.5, 0.6) is 0 Å². The number of benzene rings is 1. The molecule has 0 saturated carbocycles. The Hall–Kier alpha value is -3.04. The van der Waals surface area contributed by atoms with Crippen LogP contribution < -0.4 is 10.0 Å². The van der Waals surface area contributed by atoms with Crippen molar-refractivity contribution >= 4 is 39.2 Å². The lowest BCUT2D eigenvalue weighted by atomic mass is 10.2. The van der Waals surface area contributed by atoms with Gasteiger partial charge in [-0.3, -0.25) is 14.8 Å². The Morgan fingerprint density at radius 1 is 1.11 bits per heavy atom. The molecular formula is C18H16ClN5O3S. The third-order valence-electron chi connectivity index (χ3n) is 3.57. The zero-order valence-corrected chi connectivity index (χ0v) is 16.5. The monoisotopic (exact) mass is 417 g/mol. The summed E-state index contributed by atoms with van der Waals surface area (Å²) < 4.78 is 27.6. The minimum Gasteiger partial charge on any atom is -0.295 e. The van der Waals surface area contributed by atoms with Gasteiger partial charge in [0, 0.05) is 24.4 Å². The molecule has 0 saturated heterocycles. The lowest BCUT2D eigenvalue weighted by Gasteiger charge is -2.11. The number of sulfonamides is 1. The molecule has 3 rings (SSSR count). The van der Waals surface area contributed by atoms with E-state index in [0.29, 0.717) is 17.0 Å². The molecule has 0 radical (unpaired) electrons. The number of carbonyl (C=O) groups is 1. The molecule has 0 aliphatic rings. The highest BCUT2D eigenvalue weighted by Gasteiger charge is 2.17. The van der Waals surface area contributed by atoms with Gasteiger partial charge in [0.15, 0.2) is 5.15 Å². The molecule has 0 unspecified atom stereocenters. The van der Waals surface area contributed by atoms with Crippen LogP contribution in [0.15, 0.2) is 53.6 Å². The van der Waals surface area contributed by atoms with Crippen molar-refractivity contribution < 1.29 is 13.2 Å². The molecule has 0 bridgehead atoms. The Kier molecular flexibility index (Phi) is 5.57. The van der Waals surface area contributed by atoms with Gasteiger partial charge >= 0.3 is 0 Å². The molecule has 144 valence electrons. The Bertz CT molecular complexity index is 1140. The van der Waals surface area contributed by atoms with Crippen LogP contribution >= 0.6 is 11.6 Å². The molecule has 0 fully saturated rings. The summed E-state index contributed by atoms with van der Waals surface area (Å²) in [5.41, 5.74) is 1.70. The molecule has 1 aromatic carbocycles. The predicted molar refractivity (Wildman–Crippen MR) is 107 cm³/mol. The first-order chi connectivity index (χ1) is 13.2. The quantitative estimate of drug-likeness (QED) is 0.616. The van der Waals surface area contributed by atoms with E-state index in [0.717, 1.165) is 0 Å². The molecule has 0 spiro atoms. The maximum absolute atomic E-state index is 12.6. The normalized spacial score (nSPS) is 11.1. The molecular weight excluding hydrogens is 402 g/mol. The fourth-order valence-corrected chi connectivity index (χ4v) is 3.68. The second-order valence-corrected chi connectivity index (χ2v) is 7.92. The largest absolute Gasteiger partial charge is 0.295 e. The summed E-state index contributed by atoms with van der Waals surface area (Å²) in [6, 6.07) is 11.1. The number of anilines is 2. The summed E-state index contributed by atoms with van der Waals surface area (Å²) in [5, 5.41) is 2.52. The van der Waals surface area contributed by atoms with Crippen molar-refractivity contribution in [3.05, 3.63) is 59.5 Å². The molecule has 2 N–H and O–H groups in total. The lowest BCUT2D eigenvalue weighted by Crippen LogP contribution is -2.13. The third-order valence-corrected chi connectivity index (χ3v) is 5.26. The second kappa shape index (κ2) is 7.91. The van der Waals surface area contributed by atoms with Crippen LogP contribution in [0, 0.1) is 6.92 Å². The number of rotatable bonds is 5. The van der Waals surface area contributed by atoms with Crippen molar-refractivity contribution in [2.24, 2.45) is 0 Å². The highest BCUT2D eigenvalue weighted by Crippen LogP contribution is 2.28. The highest BCUT2D eigenvalue weighted by atomic mass is 35.5.